The zero-order valence-electron chi connectivity index (χ0n) is 26.9. The van der Waals surface area contributed by atoms with E-state index in [9.17, 15) is 14.4 Å². The van der Waals surface area contributed by atoms with E-state index < -0.39 is 17.4 Å². The van der Waals surface area contributed by atoms with Crippen molar-refractivity contribution < 1.29 is 23.9 Å². The zero-order chi connectivity index (χ0) is 31.7. The van der Waals surface area contributed by atoms with Crippen LogP contribution in [0.3, 0.4) is 0 Å². The highest BCUT2D eigenvalue weighted by atomic mass is 16.5. The molecule has 0 saturated heterocycles. The van der Waals surface area contributed by atoms with Crippen LogP contribution in [-0.2, 0) is 25.6 Å². The molecule has 3 aromatic rings. The fourth-order valence-corrected chi connectivity index (χ4v) is 5.39. The molecule has 0 radical (unpaired) electrons. The number of benzene rings is 1. The van der Waals surface area contributed by atoms with Gasteiger partial charge in [0.25, 0.3) is 0 Å². The van der Waals surface area contributed by atoms with E-state index in [0.29, 0.717) is 5.56 Å². The molecule has 0 amide bonds. The second-order valence-electron chi connectivity index (χ2n) is 11.6. The van der Waals surface area contributed by atoms with Gasteiger partial charge in [0.15, 0.2) is 5.78 Å². The minimum absolute atomic E-state index is 0.00968. The summed E-state index contributed by atoms with van der Waals surface area (Å²) < 4.78 is 10.4. The summed E-state index contributed by atoms with van der Waals surface area (Å²) in [6.45, 7) is 17.8. The molecule has 10 heteroatoms. The van der Waals surface area contributed by atoms with Gasteiger partial charge in [-0.1, -0.05) is 33.8 Å². The van der Waals surface area contributed by atoms with E-state index in [0.717, 1.165) is 46.5 Å². The monoisotopic (exact) mass is 593 g/mol. The van der Waals surface area contributed by atoms with Gasteiger partial charge in [-0.15, -0.1) is 0 Å². The van der Waals surface area contributed by atoms with Gasteiger partial charge in [0.05, 0.1) is 13.2 Å². The van der Waals surface area contributed by atoms with Gasteiger partial charge in [-0.3, -0.25) is 14.4 Å². The number of fused-ring (bicyclic) bond motifs is 1. The maximum Gasteiger partial charge on any atom is 0.323 e. The predicted molar refractivity (Wildman–Crippen MR) is 168 cm³/mol. The number of hydrogen-bond donors (Lipinski definition) is 2. The number of H-pyrrole nitrogens is 1. The van der Waals surface area contributed by atoms with Crippen LogP contribution in [0.2, 0.25) is 0 Å². The van der Waals surface area contributed by atoms with E-state index in [-0.39, 0.29) is 50.3 Å². The van der Waals surface area contributed by atoms with Crippen molar-refractivity contribution in [2.45, 2.75) is 86.7 Å². The summed E-state index contributed by atoms with van der Waals surface area (Å²) in [5, 5.41) is 4.20. The van der Waals surface area contributed by atoms with Gasteiger partial charge in [0.1, 0.15) is 18.0 Å². The Kier molecular flexibility index (Phi) is 11.8. The first-order valence-corrected chi connectivity index (χ1v) is 15.3. The number of anilines is 1. The van der Waals surface area contributed by atoms with Crippen LogP contribution in [0.1, 0.15) is 101 Å². The summed E-state index contributed by atoms with van der Waals surface area (Å²) in [6.07, 6.45) is 5.54. The average molecular weight is 594 g/mol. The molecule has 10 nitrogen and oxygen atoms in total. The lowest BCUT2D eigenvalue weighted by molar-refractivity contribution is -0.147. The Labute approximate surface area is 255 Å². The Balaban J connectivity index is 2.17. The highest BCUT2D eigenvalue weighted by Crippen LogP contribution is 2.41. The first kappa shape index (κ1) is 33.7. The molecule has 43 heavy (non-hydrogen) atoms. The highest BCUT2D eigenvalue weighted by Gasteiger charge is 2.33. The summed E-state index contributed by atoms with van der Waals surface area (Å²) in [7, 11) is 0. The lowest BCUT2D eigenvalue weighted by atomic mass is 9.78. The van der Waals surface area contributed by atoms with Crippen LogP contribution in [0.25, 0.3) is 11.0 Å². The van der Waals surface area contributed by atoms with E-state index in [1.165, 1.54) is 6.33 Å². The Morgan fingerprint density at radius 1 is 1.05 bits per heavy atom. The number of Topliss-reactive ketones (excluding diaryl/α,β-unsaturated/α-hetero) is 1. The van der Waals surface area contributed by atoms with Gasteiger partial charge in [0, 0.05) is 66.4 Å². The molecule has 0 saturated carbocycles. The third-order valence-electron chi connectivity index (χ3n) is 7.66. The van der Waals surface area contributed by atoms with Crippen LogP contribution in [0.15, 0.2) is 30.9 Å². The summed E-state index contributed by atoms with van der Waals surface area (Å²) in [5.74, 6) is -0.982. The molecule has 2 N–H and O–H groups in total. The molecule has 0 aliphatic rings. The standard InChI is InChI=1S/C33H47N5O5/c1-9-38(10-2)26-15-13-22(17-35-25(32(41)43-12-4)14-16-27(39)42-11-3)29(30(40)33(6,7)8)28(26)21(5)23-19-36-31-24(23)18-34-20-37-31/h13,15,18-21,25,35H,9-12,14,16-17H2,1-8H3,(H,34,36,37)/t21?,25-/m0/s1. The van der Waals surface area contributed by atoms with Crippen molar-refractivity contribution in [3.63, 3.8) is 0 Å². The van der Waals surface area contributed by atoms with E-state index >= 15 is 0 Å². The number of aromatic amines is 1. The molecule has 3 rings (SSSR count). The molecule has 0 aliphatic carbocycles. The number of carbonyl (C=O) groups excluding carboxylic acids is 3. The van der Waals surface area contributed by atoms with Gasteiger partial charge >= 0.3 is 11.9 Å². The molecule has 0 fully saturated rings. The highest BCUT2D eigenvalue weighted by molar-refractivity contribution is 6.04. The number of aromatic nitrogens is 3. The normalized spacial score (nSPS) is 13.0. The van der Waals surface area contributed by atoms with Crippen molar-refractivity contribution in [2.75, 3.05) is 31.2 Å². The Hall–Kier alpha value is -3.79. The van der Waals surface area contributed by atoms with Gasteiger partial charge in [0.2, 0.25) is 0 Å². The van der Waals surface area contributed by atoms with Crippen molar-refractivity contribution in [2.24, 2.45) is 5.41 Å². The first-order chi connectivity index (χ1) is 20.5. The number of carbonyl (C=O) groups is 3. The van der Waals surface area contributed by atoms with Gasteiger partial charge in [-0.25, -0.2) is 9.97 Å². The molecule has 0 aliphatic heterocycles. The minimum Gasteiger partial charge on any atom is -0.466 e. The van der Waals surface area contributed by atoms with Crippen molar-refractivity contribution in [1.29, 1.82) is 0 Å². The second kappa shape index (κ2) is 15.1. The van der Waals surface area contributed by atoms with Gasteiger partial charge < -0.3 is 24.7 Å². The molecule has 2 aromatic heterocycles. The van der Waals surface area contributed by atoms with Crippen LogP contribution in [0.5, 0.6) is 0 Å². The molecule has 2 heterocycles. The molecule has 0 spiro atoms. The minimum atomic E-state index is -0.740. The molecule has 2 atom stereocenters. The summed E-state index contributed by atoms with van der Waals surface area (Å²) in [5.41, 5.74) is 4.39. The summed E-state index contributed by atoms with van der Waals surface area (Å²) in [6, 6.07) is 3.30. The SMILES string of the molecule is CCOC(=O)CC[C@H](NCc1ccc(N(CC)CC)c(C(C)c2c[nH]c3ncncc23)c1C(=O)C(C)(C)C)C(=O)OCC. The number of rotatable bonds is 15. The lowest BCUT2D eigenvalue weighted by Crippen LogP contribution is -2.39. The summed E-state index contributed by atoms with van der Waals surface area (Å²) >= 11 is 0. The zero-order valence-corrected chi connectivity index (χ0v) is 26.9. The quantitative estimate of drug-likeness (QED) is 0.172. The third-order valence-corrected chi connectivity index (χ3v) is 7.66. The lowest BCUT2D eigenvalue weighted by Gasteiger charge is -2.32. The van der Waals surface area contributed by atoms with Crippen LogP contribution in [0.4, 0.5) is 5.69 Å². The molecule has 234 valence electrons. The number of nitrogens with one attached hydrogen (secondary N) is 2. The molecule has 1 unspecified atom stereocenters. The predicted octanol–water partition coefficient (Wildman–Crippen LogP) is 5.55. The Morgan fingerprint density at radius 3 is 2.37 bits per heavy atom. The number of nitrogens with zero attached hydrogens (tertiary/aromatic N) is 3. The topological polar surface area (TPSA) is 127 Å². The van der Waals surface area contributed by atoms with Crippen molar-refractivity contribution in [3.8, 4) is 0 Å². The van der Waals surface area contributed by atoms with E-state index in [4.69, 9.17) is 9.47 Å². The second-order valence-corrected chi connectivity index (χ2v) is 11.6. The van der Waals surface area contributed by atoms with Crippen molar-refractivity contribution >= 4 is 34.4 Å². The average Bonchev–Trinajstić information content (AvgIpc) is 3.41. The number of ketones is 1. The maximum absolute atomic E-state index is 14.3. The van der Waals surface area contributed by atoms with E-state index in [1.54, 1.807) is 20.0 Å². The molecule has 0 bridgehead atoms. The number of hydrogen-bond acceptors (Lipinski definition) is 9. The fourth-order valence-electron chi connectivity index (χ4n) is 5.39. The number of ether oxygens (including phenoxy) is 2. The fraction of sp³-hybridized carbons (Fsp3) is 0.545. The Morgan fingerprint density at radius 2 is 1.74 bits per heavy atom. The van der Waals surface area contributed by atoms with Gasteiger partial charge in [-0.2, -0.15) is 0 Å². The van der Waals surface area contributed by atoms with Crippen LogP contribution < -0.4 is 10.2 Å². The van der Waals surface area contributed by atoms with Gasteiger partial charge in [-0.05, 0) is 56.9 Å². The van der Waals surface area contributed by atoms with Crippen molar-refractivity contribution in [1.82, 2.24) is 20.3 Å². The van der Waals surface area contributed by atoms with Crippen LogP contribution in [0, 0.1) is 5.41 Å². The third kappa shape index (κ3) is 7.98. The van der Waals surface area contributed by atoms with Crippen molar-refractivity contribution in [3.05, 3.63) is 53.1 Å². The largest absolute Gasteiger partial charge is 0.466 e. The molecule has 1 aromatic carbocycles. The molecular weight excluding hydrogens is 546 g/mol. The number of esters is 2. The molecular formula is C33H47N5O5. The first-order valence-electron chi connectivity index (χ1n) is 15.3. The smallest absolute Gasteiger partial charge is 0.323 e. The Bertz CT molecular complexity index is 1410. The summed E-state index contributed by atoms with van der Waals surface area (Å²) in [4.78, 5) is 53.4. The van der Waals surface area contributed by atoms with Crippen LogP contribution in [-0.4, -0.2) is 65.0 Å². The van der Waals surface area contributed by atoms with E-state index in [2.05, 4.69) is 52.0 Å². The van der Waals surface area contributed by atoms with E-state index in [1.807, 2.05) is 33.0 Å². The maximum atomic E-state index is 14.3. The van der Waals surface area contributed by atoms with Crippen LogP contribution >= 0.6 is 0 Å².